The number of aromatic nitrogens is 2. The van der Waals surface area contributed by atoms with Crippen molar-refractivity contribution in [3.8, 4) is 6.07 Å². The van der Waals surface area contributed by atoms with Crippen LogP contribution in [0.5, 0.6) is 0 Å². The number of nitrogens with zero attached hydrogens (tertiary/aromatic N) is 5. The van der Waals surface area contributed by atoms with E-state index in [2.05, 4.69) is 20.9 Å². The summed E-state index contributed by atoms with van der Waals surface area (Å²) in [5.74, 6) is 0.697. The third-order valence-corrected chi connectivity index (χ3v) is 4.27. The van der Waals surface area contributed by atoms with Crippen molar-refractivity contribution in [2.24, 2.45) is 0 Å². The van der Waals surface area contributed by atoms with Gasteiger partial charge in [0, 0.05) is 32.7 Å². The summed E-state index contributed by atoms with van der Waals surface area (Å²) < 4.78 is 14.3. The van der Waals surface area contributed by atoms with Crippen LogP contribution in [0.1, 0.15) is 22.6 Å². The summed E-state index contributed by atoms with van der Waals surface area (Å²) in [5, 5.41) is 8.84. The van der Waals surface area contributed by atoms with E-state index in [-0.39, 0.29) is 5.82 Å². The number of nitriles is 1. The molecule has 1 aromatic carbocycles. The van der Waals surface area contributed by atoms with Gasteiger partial charge in [0.2, 0.25) is 0 Å². The number of anilines is 1. The van der Waals surface area contributed by atoms with Crippen LogP contribution in [0.15, 0.2) is 24.3 Å². The second kappa shape index (κ2) is 6.93. The Bertz CT molecular complexity index is 758. The largest absolute Gasteiger partial charge is 0.352 e. The number of aryl methyl sites for hydroxylation is 2. The van der Waals surface area contributed by atoms with Crippen LogP contribution < -0.4 is 4.90 Å². The zero-order chi connectivity index (χ0) is 17.1. The maximum absolute atomic E-state index is 14.3. The molecule has 2 heterocycles. The lowest BCUT2D eigenvalue weighted by atomic mass is 10.1. The van der Waals surface area contributed by atoms with Crippen LogP contribution >= 0.6 is 0 Å². The molecule has 0 spiro atoms. The van der Waals surface area contributed by atoms with E-state index >= 15 is 0 Å². The molecule has 2 aromatic rings. The minimum Gasteiger partial charge on any atom is -0.352 e. The molecule has 1 aliphatic rings. The first-order valence-corrected chi connectivity index (χ1v) is 8.04. The van der Waals surface area contributed by atoms with Crippen LogP contribution in [0.3, 0.4) is 0 Å². The zero-order valence-electron chi connectivity index (χ0n) is 14.0. The first-order valence-electron chi connectivity index (χ1n) is 8.04. The van der Waals surface area contributed by atoms with Crippen molar-refractivity contribution in [3.63, 3.8) is 0 Å². The van der Waals surface area contributed by atoms with E-state index in [9.17, 15) is 4.39 Å². The molecular formula is C18H20FN5. The molecule has 1 saturated heterocycles. The highest BCUT2D eigenvalue weighted by Crippen LogP contribution is 2.20. The predicted octanol–water partition coefficient (Wildman–Crippen LogP) is 2.43. The van der Waals surface area contributed by atoms with Gasteiger partial charge in [-0.3, -0.25) is 4.90 Å². The number of piperazine rings is 1. The molecule has 0 aliphatic carbocycles. The average molecular weight is 325 g/mol. The number of hydrogen-bond donors (Lipinski definition) is 0. The highest BCUT2D eigenvalue weighted by Gasteiger charge is 2.22. The Hall–Kier alpha value is -2.52. The van der Waals surface area contributed by atoms with Crippen molar-refractivity contribution < 1.29 is 4.39 Å². The predicted molar refractivity (Wildman–Crippen MR) is 90.1 cm³/mol. The van der Waals surface area contributed by atoms with Crippen LogP contribution in [0.2, 0.25) is 0 Å². The summed E-state index contributed by atoms with van der Waals surface area (Å²) in [5.41, 5.74) is 2.26. The Kier molecular flexibility index (Phi) is 4.72. The average Bonchev–Trinajstić information content (AvgIpc) is 2.59. The summed E-state index contributed by atoms with van der Waals surface area (Å²) in [4.78, 5) is 12.7. The van der Waals surface area contributed by atoms with Gasteiger partial charge in [-0.25, -0.2) is 14.4 Å². The molecule has 0 saturated carbocycles. The molecule has 5 nitrogen and oxygen atoms in total. The van der Waals surface area contributed by atoms with Crippen LogP contribution in [-0.2, 0) is 6.54 Å². The normalized spacial score (nSPS) is 15.3. The molecule has 0 radical (unpaired) electrons. The number of rotatable bonds is 3. The molecule has 124 valence electrons. The molecule has 0 atom stereocenters. The van der Waals surface area contributed by atoms with E-state index in [1.165, 1.54) is 5.56 Å². The fourth-order valence-electron chi connectivity index (χ4n) is 2.95. The summed E-state index contributed by atoms with van der Waals surface area (Å²) in [7, 11) is 0. The second-order valence-electron chi connectivity index (χ2n) is 6.07. The Morgan fingerprint density at radius 2 is 1.75 bits per heavy atom. The standard InChI is InChI=1S/C18H20FN5/c1-13-17(19)18(22-14(2)21-13)24-9-7-23(8-10-24)12-16-5-3-15(11-20)4-6-16/h3-6H,7-10,12H2,1-2H3. The van der Waals surface area contributed by atoms with Crippen molar-refractivity contribution in [2.45, 2.75) is 20.4 Å². The topological polar surface area (TPSA) is 56.1 Å². The van der Waals surface area contributed by atoms with Crippen LogP contribution in [0.25, 0.3) is 0 Å². The fraction of sp³-hybridized carbons (Fsp3) is 0.389. The lowest BCUT2D eigenvalue weighted by Gasteiger charge is -2.35. The minimum atomic E-state index is -0.318. The van der Waals surface area contributed by atoms with E-state index < -0.39 is 0 Å². The SMILES string of the molecule is Cc1nc(C)c(F)c(N2CCN(Cc3ccc(C#N)cc3)CC2)n1. The quantitative estimate of drug-likeness (QED) is 0.867. The zero-order valence-corrected chi connectivity index (χ0v) is 14.0. The van der Waals surface area contributed by atoms with E-state index in [0.717, 1.165) is 32.7 Å². The molecule has 1 aliphatic heterocycles. The maximum atomic E-state index is 14.3. The molecular weight excluding hydrogens is 305 g/mol. The van der Waals surface area contributed by atoms with Gasteiger partial charge >= 0.3 is 0 Å². The van der Waals surface area contributed by atoms with E-state index in [1.807, 2.05) is 29.2 Å². The van der Waals surface area contributed by atoms with Gasteiger partial charge in [-0.1, -0.05) is 12.1 Å². The number of hydrogen-bond acceptors (Lipinski definition) is 5. The highest BCUT2D eigenvalue weighted by molar-refractivity contribution is 5.42. The molecule has 0 unspecified atom stereocenters. The number of halogens is 1. The first kappa shape index (κ1) is 16.3. The van der Waals surface area contributed by atoms with Gasteiger partial charge in [0.15, 0.2) is 11.6 Å². The molecule has 1 aromatic heterocycles. The molecule has 0 amide bonds. The Balaban J connectivity index is 1.62. The van der Waals surface area contributed by atoms with Gasteiger partial charge in [-0.05, 0) is 31.5 Å². The van der Waals surface area contributed by atoms with Crippen molar-refractivity contribution >= 4 is 5.82 Å². The summed E-state index contributed by atoms with van der Waals surface area (Å²) >= 11 is 0. The van der Waals surface area contributed by atoms with Gasteiger partial charge in [0.05, 0.1) is 17.3 Å². The Morgan fingerprint density at radius 3 is 2.38 bits per heavy atom. The third kappa shape index (κ3) is 3.52. The van der Waals surface area contributed by atoms with E-state index in [4.69, 9.17) is 5.26 Å². The maximum Gasteiger partial charge on any atom is 0.186 e. The van der Waals surface area contributed by atoms with E-state index in [1.54, 1.807) is 13.8 Å². The van der Waals surface area contributed by atoms with Gasteiger partial charge in [0.1, 0.15) is 5.82 Å². The van der Waals surface area contributed by atoms with Gasteiger partial charge < -0.3 is 4.90 Å². The van der Waals surface area contributed by atoms with Crippen molar-refractivity contribution in [1.82, 2.24) is 14.9 Å². The van der Waals surface area contributed by atoms with Crippen LogP contribution in [0, 0.1) is 31.0 Å². The van der Waals surface area contributed by atoms with Crippen molar-refractivity contribution in [2.75, 3.05) is 31.1 Å². The Morgan fingerprint density at radius 1 is 1.08 bits per heavy atom. The molecule has 6 heteroatoms. The molecule has 1 fully saturated rings. The summed E-state index contributed by atoms with van der Waals surface area (Å²) in [6.45, 7) is 7.48. The van der Waals surface area contributed by atoms with Crippen molar-refractivity contribution in [3.05, 3.63) is 52.7 Å². The number of benzene rings is 1. The van der Waals surface area contributed by atoms with Crippen molar-refractivity contribution in [1.29, 1.82) is 5.26 Å². The van der Waals surface area contributed by atoms with Gasteiger partial charge in [-0.15, -0.1) is 0 Å². The second-order valence-corrected chi connectivity index (χ2v) is 6.07. The van der Waals surface area contributed by atoms with Gasteiger partial charge in [0.25, 0.3) is 0 Å². The van der Waals surface area contributed by atoms with Crippen LogP contribution in [0.4, 0.5) is 10.2 Å². The molecule has 3 rings (SSSR count). The highest BCUT2D eigenvalue weighted by atomic mass is 19.1. The summed E-state index contributed by atoms with van der Waals surface area (Å²) in [6, 6.07) is 9.79. The smallest absolute Gasteiger partial charge is 0.186 e. The minimum absolute atomic E-state index is 0.318. The molecule has 24 heavy (non-hydrogen) atoms. The molecule has 0 N–H and O–H groups in total. The third-order valence-electron chi connectivity index (χ3n) is 4.27. The lowest BCUT2D eigenvalue weighted by Crippen LogP contribution is -2.46. The van der Waals surface area contributed by atoms with Gasteiger partial charge in [-0.2, -0.15) is 5.26 Å². The monoisotopic (exact) mass is 325 g/mol. The lowest BCUT2D eigenvalue weighted by molar-refractivity contribution is 0.248. The summed E-state index contributed by atoms with van der Waals surface area (Å²) in [6.07, 6.45) is 0. The Labute approximate surface area is 141 Å². The first-order chi connectivity index (χ1) is 11.6. The fourth-order valence-corrected chi connectivity index (χ4v) is 2.95. The van der Waals surface area contributed by atoms with E-state index in [0.29, 0.717) is 22.9 Å². The molecule has 0 bridgehead atoms. The van der Waals surface area contributed by atoms with Crippen LogP contribution in [-0.4, -0.2) is 41.0 Å².